The van der Waals surface area contributed by atoms with Gasteiger partial charge < -0.3 is 15.1 Å². The predicted octanol–water partition coefficient (Wildman–Crippen LogP) is 1.68. The van der Waals surface area contributed by atoms with Crippen LogP contribution in [0.15, 0.2) is 48.5 Å². The Bertz CT molecular complexity index is 678. The SMILES string of the molecule is Cc1cccc(C(=O)NC[C@H](c2ccc(N(C)C)cc2)[NH+](C)C)c1. The number of nitrogens with zero attached hydrogens (tertiary/aromatic N) is 1. The van der Waals surface area contributed by atoms with E-state index in [2.05, 4.69) is 48.6 Å². The van der Waals surface area contributed by atoms with E-state index < -0.39 is 0 Å². The molecule has 2 N–H and O–H groups in total. The highest BCUT2D eigenvalue weighted by molar-refractivity contribution is 5.94. The number of likely N-dealkylation sites (N-methyl/N-ethyl adjacent to an activating group) is 1. The van der Waals surface area contributed by atoms with Gasteiger partial charge in [0.15, 0.2) is 0 Å². The number of amides is 1. The number of anilines is 1. The summed E-state index contributed by atoms with van der Waals surface area (Å²) >= 11 is 0. The van der Waals surface area contributed by atoms with Gasteiger partial charge in [-0.1, -0.05) is 29.8 Å². The van der Waals surface area contributed by atoms with Crippen LogP contribution in [-0.4, -0.2) is 40.6 Å². The zero-order valence-electron chi connectivity index (χ0n) is 15.3. The van der Waals surface area contributed by atoms with Gasteiger partial charge in [-0.05, 0) is 31.2 Å². The molecule has 0 aliphatic heterocycles. The quantitative estimate of drug-likeness (QED) is 0.847. The molecule has 24 heavy (non-hydrogen) atoms. The number of quaternary nitrogens is 1. The Morgan fingerprint density at radius 2 is 1.79 bits per heavy atom. The van der Waals surface area contributed by atoms with Crippen molar-refractivity contribution in [2.24, 2.45) is 0 Å². The molecule has 2 aromatic carbocycles. The van der Waals surface area contributed by atoms with Crippen LogP contribution in [0.4, 0.5) is 5.69 Å². The van der Waals surface area contributed by atoms with Crippen LogP contribution in [0.5, 0.6) is 0 Å². The average molecular weight is 326 g/mol. The van der Waals surface area contributed by atoms with E-state index in [4.69, 9.17) is 0 Å². The molecule has 0 bridgehead atoms. The summed E-state index contributed by atoms with van der Waals surface area (Å²) in [4.78, 5) is 15.7. The Balaban J connectivity index is 2.07. The highest BCUT2D eigenvalue weighted by atomic mass is 16.1. The predicted molar refractivity (Wildman–Crippen MR) is 99.8 cm³/mol. The number of benzene rings is 2. The van der Waals surface area contributed by atoms with Gasteiger partial charge in [0, 0.05) is 30.9 Å². The number of carbonyl (C=O) groups excluding carboxylic acids is 1. The van der Waals surface area contributed by atoms with Gasteiger partial charge in [0.25, 0.3) is 5.91 Å². The van der Waals surface area contributed by atoms with E-state index in [1.165, 1.54) is 16.2 Å². The Kier molecular flexibility index (Phi) is 5.99. The molecule has 0 saturated carbocycles. The van der Waals surface area contributed by atoms with Gasteiger partial charge in [0.1, 0.15) is 6.04 Å². The summed E-state index contributed by atoms with van der Waals surface area (Å²) in [7, 11) is 8.30. The first-order valence-electron chi connectivity index (χ1n) is 8.30. The molecule has 128 valence electrons. The van der Waals surface area contributed by atoms with E-state index in [0.717, 1.165) is 5.56 Å². The Morgan fingerprint density at radius 1 is 1.12 bits per heavy atom. The first-order valence-corrected chi connectivity index (χ1v) is 8.30. The molecule has 4 heteroatoms. The van der Waals surface area contributed by atoms with Gasteiger partial charge in [0.05, 0.1) is 20.6 Å². The summed E-state index contributed by atoms with van der Waals surface area (Å²) in [5.41, 5.74) is 4.21. The maximum Gasteiger partial charge on any atom is 0.251 e. The van der Waals surface area contributed by atoms with Crippen molar-refractivity contribution in [2.45, 2.75) is 13.0 Å². The van der Waals surface area contributed by atoms with Crippen molar-refractivity contribution in [1.29, 1.82) is 0 Å². The van der Waals surface area contributed by atoms with Gasteiger partial charge in [-0.3, -0.25) is 4.79 Å². The van der Waals surface area contributed by atoms with Crippen LogP contribution in [0.3, 0.4) is 0 Å². The Morgan fingerprint density at radius 3 is 2.33 bits per heavy atom. The second-order valence-electron chi connectivity index (χ2n) is 6.70. The normalized spacial score (nSPS) is 12.1. The Labute approximate surface area is 145 Å². The van der Waals surface area contributed by atoms with Crippen molar-refractivity contribution < 1.29 is 9.69 Å². The summed E-state index contributed by atoms with van der Waals surface area (Å²) in [6.45, 7) is 2.60. The van der Waals surface area contributed by atoms with E-state index in [1.807, 2.05) is 45.3 Å². The average Bonchev–Trinajstić information content (AvgIpc) is 2.55. The molecule has 0 fully saturated rings. The summed E-state index contributed by atoms with van der Waals surface area (Å²) in [6, 6.07) is 16.4. The summed E-state index contributed by atoms with van der Waals surface area (Å²) in [5.74, 6) is -0.0186. The molecule has 0 saturated heterocycles. The van der Waals surface area contributed by atoms with E-state index in [1.54, 1.807) is 0 Å². The highest BCUT2D eigenvalue weighted by Gasteiger charge is 2.19. The van der Waals surface area contributed by atoms with Crippen molar-refractivity contribution in [3.05, 3.63) is 65.2 Å². The van der Waals surface area contributed by atoms with Crippen LogP contribution >= 0.6 is 0 Å². The topological polar surface area (TPSA) is 36.8 Å². The second kappa shape index (κ2) is 7.97. The molecule has 2 aromatic rings. The van der Waals surface area contributed by atoms with Gasteiger partial charge >= 0.3 is 0 Å². The minimum atomic E-state index is -0.0186. The van der Waals surface area contributed by atoms with E-state index in [0.29, 0.717) is 12.1 Å². The molecule has 0 spiro atoms. The number of aryl methyl sites for hydroxylation is 1. The van der Waals surface area contributed by atoms with Crippen LogP contribution in [0, 0.1) is 6.92 Å². The largest absolute Gasteiger partial charge is 0.378 e. The summed E-state index contributed by atoms with van der Waals surface area (Å²) < 4.78 is 0. The summed E-state index contributed by atoms with van der Waals surface area (Å²) in [6.07, 6.45) is 0. The zero-order chi connectivity index (χ0) is 17.7. The lowest BCUT2D eigenvalue weighted by Gasteiger charge is -2.23. The van der Waals surface area contributed by atoms with Crippen molar-refractivity contribution in [1.82, 2.24) is 5.32 Å². The standard InChI is InChI=1S/C20H27N3O/c1-15-7-6-8-17(13-15)20(24)21-14-19(23(4)5)16-9-11-18(12-10-16)22(2)3/h6-13,19H,14H2,1-5H3,(H,21,24)/p+1/t19-/m1/s1. The molecule has 0 aromatic heterocycles. The van der Waals surface area contributed by atoms with Crippen LogP contribution in [0.2, 0.25) is 0 Å². The molecule has 2 rings (SSSR count). The van der Waals surface area contributed by atoms with Crippen molar-refractivity contribution in [3.63, 3.8) is 0 Å². The minimum Gasteiger partial charge on any atom is -0.378 e. The number of rotatable bonds is 6. The van der Waals surface area contributed by atoms with Crippen molar-refractivity contribution in [3.8, 4) is 0 Å². The number of carbonyl (C=O) groups is 1. The molecule has 1 amide bonds. The molecule has 0 unspecified atom stereocenters. The lowest BCUT2D eigenvalue weighted by molar-refractivity contribution is -0.890. The molecular weight excluding hydrogens is 298 g/mol. The summed E-state index contributed by atoms with van der Waals surface area (Å²) in [5, 5.41) is 3.07. The molecule has 0 aliphatic carbocycles. The fourth-order valence-corrected chi connectivity index (χ4v) is 2.74. The first-order chi connectivity index (χ1) is 11.4. The second-order valence-corrected chi connectivity index (χ2v) is 6.70. The molecule has 4 nitrogen and oxygen atoms in total. The molecule has 1 atom stereocenters. The third-order valence-corrected chi connectivity index (χ3v) is 4.26. The fraction of sp³-hybridized carbons (Fsp3) is 0.350. The number of nitrogens with one attached hydrogen (secondary N) is 2. The van der Waals surface area contributed by atoms with Gasteiger partial charge in [-0.2, -0.15) is 0 Å². The molecule has 0 heterocycles. The van der Waals surface area contributed by atoms with Crippen LogP contribution in [0.1, 0.15) is 27.5 Å². The lowest BCUT2D eigenvalue weighted by Crippen LogP contribution is -3.07. The molecular formula is C20H28N3O+. The lowest BCUT2D eigenvalue weighted by atomic mass is 10.0. The monoisotopic (exact) mass is 326 g/mol. The van der Waals surface area contributed by atoms with E-state index in [9.17, 15) is 4.79 Å². The molecule has 0 aliphatic rings. The van der Waals surface area contributed by atoms with E-state index >= 15 is 0 Å². The third kappa shape index (κ3) is 4.59. The van der Waals surface area contributed by atoms with Crippen molar-refractivity contribution in [2.75, 3.05) is 39.6 Å². The molecule has 0 radical (unpaired) electrons. The maximum absolute atomic E-state index is 12.4. The smallest absolute Gasteiger partial charge is 0.251 e. The van der Waals surface area contributed by atoms with Crippen molar-refractivity contribution >= 4 is 11.6 Å². The number of hydrogen-bond donors (Lipinski definition) is 2. The van der Waals surface area contributed by atoms with Gasteiger partial charge in [-0.15, -0.1) is 0 Å². The van der Waals surface area contributed by atoms with Crippen LogP contribution < -0.4 is 15.1 Å². The maximum atomic E-state index is 12.4. The van der Waals surface area contributed by atoms with E-state index in [-0.39, 0.29) is 11.9 Å². The fourth-order valence-electron chi connectivity index (χ4n) is 2.74. The van der Waals surface area contributed by atoms with Crippen LogP contribution in [0.25, 0.3) is 0 Å². The van der Waals surface area contributed by atoms with Gasteiger partial charge in [-0.25, -0.2) is 0 Å². The third-order valence-electron chi connectivity index (χ3n) is 4.26. The first kappa shape index (κ1) is 18.0. The van der Waals surface area contributed by atoms with Gasteiger partial charge in [0.2, 0.25) is 0 Å². The Hall–Kier alpha value is -2.33. The van der Waals surface area contributed by atoms with Crippen LogP contribution in [-0.2, 0) is 0 Å². The highest BCUT2D eigenvalue weighted by Crippen LogP contribution is 2.16. The zero-order valence-corrected chi connectivity index (χ0v) is 15.3. The minimum absolute atomic E-state index is 0.0186. The number of hydrogen-bond acceptors (Lipinski definition) is 2.